The van der Waals surface area contributed by atoms with E-state index < -0.39 is 0 Å². The number of rotatable bonds is 8. The number of methoxy groups -OCH3 is 1. The van der Waals surface area contributed by atoms with Crippen LogP contribution in [0.25, 0.3) is 0 Å². The summed E-state index contributed by atoms with van der Waals surface area (Å²) < 4.78 is 11.6. The van der Waals surface area contributed by atoms with Crippen LogP contribution in [0.2, 0.25) is 0 Å². The summed E-state index contributed by atoms with van der Waals surface area (Å²) in [6, 6.07) is 0.504. The van der Waals surface area contributed by atoms with E-state index in [1.807, 2.05) is 7.11 Å². The average Bonchev–Trinajstić information content (AvgIpc) is 3.01. The Morgan fingerprint density at radius 3 is 2.55 bits per heavy atom. The molecule has 0 spiro atoms. The smallest absolute Gasteiger partial charge is 0.0752 e. The fourth-order valence-electron chi connectivity index (χ4n) is 4.06. The molecule has 0 aromatic rings. The SMILES string of the molecule is CNC(CCCC1CCCO1)C(OC)C1CCCCC1. The summed E-state index contributed by atoms with van der Waals surface area (Å²) in [6.07, 6.45) is 14.0. The van der Waals surface area contributed by atoms with Gasteiger partial charge in [-0.1, -0.05) is 19.3 Å². The Hall–Kier alpha value is -0.120. The largest absolute Gasteiger partial charge is 0.380 e. The van der Waals surface area contributed by atoms with Gasteiger partial charge in [-0.25, -0.2) is 0 Å². The van der Waals surface area contributed by atoms with E-state index in [1.54, 1.807) is 0 Å². The first-order valence-electron chi connectivity index (χ1n) is 8.66. The minimum atomic E-state index is 0.393. The zero-order chi connectivity index (χ0) is 14.2. The lowest BCUT2D eigenvalue weighted by molar-refractivity contribution is 0.00624. The van der Waals surface area contributed by atoms with Crippen LogP contribution < -0.4 is 5.32 Å². The molecule has 0 aromatic heterocycles. The van der Waals surface area contributed by atoms with Crippen LogP contribution in [-0.4, -0.2) is 39.0 Å². The maximum Gasteiger partial charge on any atom is 0.0752 e. The molecule has 3 heteroatoms. The molecule has 20 heavy (non-hydrogen) atoms. The lowest BCUT2D eigenvalue weighted by Crippen LogP contribution is -2.44. The van der Waals surface area contributed by atoms with Crippen LogP contribution in [0.5, 0.6) is 0 Å². The normalized spacial score (nSPS) is 27.6. The Balaban J connectivity index is 1.75. The van der Waals surface area contributed by atoms with Gasteiger partial charge in [-0.3, -0.25) is 0 Å². The van der Waals surface area contributed by atoms with Crippen LogP contribution in [0.15, 0.2) is 0 Å². The summed E-state index contributed by atoms with van der Waals surface area (Å²) in [6.45, 7) is 0.975. The van der Waals surface area contributed by atoms with Crippen molar-refractivity contribution in [3.63, 3.8) is 0 Å². The van der Waals surface area contributed by atoms with Crippen molar-refractivity contribution in [2.75, 3.05) is 20.8 Å². The van der Waals surface area contributed by atoms with E-state index in [2.05, 4.69) is 12.4 Å². The molecule has 3 unspecified atom stereocenters. The van der Waals surface area contributed by atoms with E-state index in [0.29, 0.717) is 18.2 Å². The first-order valence-corrected chi connectivity index (χ1v) is 8.66. The minimum absolute atomic E-state index is 0.393. The third kappa shape index (κ3) is 4.71. The van der Waals surface area contributed by atoms with Crippen LogP contribution >= 0.6 is 0 Å². The molecule has 0 bridgehead atoms. The molecule has 1 saturated carbocycles. The summed E-state index contributed by atoms with van der Waals surface area (Å²) in [7, 11) is 3.98. The predicted octanol–water partition coefficient (Wildman–Crippen LogP) is 3.52. The number of likely N-dealkylation sites (N-methyl/N-ethyl adjacent to an activating group) is 1. The monoisotopic (exact) mass is 283 g/mol. The topological polar surface area (TPSA) is 30.5 Å². The second-order valence-corrected chi connectivity index (χ2v) is 6.56. The Kier molecular flexibility index (Phi) is 7.32. The Morgan fingerprint density at radius 1 is 1.15 bits per heavy atom. The molecular weight excluding hydrogens is 250 g/mol. The van der Waals surface area contributed by atoms with Gasteiger partial charge in [0.2, 0.25) is 0 Å². The number of hydrogen-bond donors (Lipinski definition) is 1. The number of hydrogen-bond acceptors (Lipinski definition) is 3. The number of ether oxygens (including phenoxy) is 2. The summed E-state index contributed by atoms with van der Waals surface area (Å²) in [5.41, 5.74) is 0. The van der Waals surface area contributed by atoms with Gasteiger partial charge in [0.05, 0.1) is 12.2 Å². The zero-order valence-corrected chi connectivity index (χ0v) is 13.4. The summed E-state index contributed by atoms with van der Waals surface area (Å²) in [5.74, 6) is 0.758. The molecule has 0 aromatic carbocycles. The van der Waals surface area contributed by atoms with Gasteiger partial charge in [0.25, 0.3) is 0 Å². The van der Waals surface area contributed by atoms with E-state index in [0.717, 1.165) is 12.5 Å². The van der Waals surface area contributed by atoms with Crippen LogP contribution in [0, 0.1) is 5.92 Å². The summed E-state index contributed by atoms with van der Waals surface area (Å²) >= 11 is 0. The van der Waals surface area contributed by atoms with Gasteiger partial charge in [-0.15, -0.1) is 0 Å². The van der Waals surface area contributed by atoms with E-state index in [9.17, 15) is 0 Å². The molecule has 118 valence electrons. The van der Waals surface area contributed by atoms with Gasteiger partial charge in [0, 0.05) is 19.8 Å². The first kappa shape index (κ1) is 16.3. The highest BCUT2D eigenvalue weighted by molar-refractivity contribution is 4.84. The molecule has 0 amide bonds. The highest BCUT2D eigenvalue weighted by atomic mass is 16.5. The van der Waals surface area contributed by atoms with E-state index in [1.165, 1.54) is 64.2 Å². The molecule has 2 fully saturated rings. The van der Waals surface area contributed by atoms with Crippen LogP contribution in [-0.2, 0) is 9.47 Å². The molecule has 2 aliphatic rings. The van der Waals surface area contributed by atoms with Gasteiger partial charge in [0.15, 0.2) is 0 Å². The van der Waals surface area contributed by atoms with Gasteiger partial charge in [-0.05, 0) is 57.9 Å². The predicted molar refractivity (Wildman–Crippen MR) is 83.0 cm³/mol. The number of nitrogens with one attached hydrogen (secondary N) is 1. The third-order valence-corrected chi connectivity index (χ3v) is 5.22. The van der Waals surface area contributed by atoms with Crippen molar-refractivity contribution in [3.05, 3.63) is 0 Å². The second-order valence-electron chi connectivity index (χ2n) is 6.56. The highest BCUT2D eigenvalue weighted by Gasteiger charge is 2.29. The zero-order valence-electron chi connectivity index (χ0n) is 13.4. The molecule has 3 nitrogen and oxygen atoms in total. The molecule has 1 N–H and O–H groups in total. The second kappa shape index (κ2) is 9.01. The molecule has 3 atom stereocenters. The van der Waals surface area contributed by atoms with Gasteiger partial charge >= 0.3 is 0 Å². The van der Waals surface area contributed by atoms with Crippen molar-refractivity contribution in [3.8, 4) is 0 Å². The Labute approximate surface area is 124 Å². The van der Waals surface area contributed by atoms with Gasteiger partial charge < -0.3 is 14.8 Å². The van der Waals surface area contributed by atoms with Gasteiger partial charge in [-0.2, -0.15) is 0 Å². The van der Waals surface area contributed by atoms with Crippen molar-refractivity contribution in [2.45, 2.75) is 82.5 Å². The lowest BCUT2D eigenvalue weighted by Gasteiger charge is -2.35. The van der Waals surface area contributed by atoms with Crippen molar-refractivity contribution in [1.29, 1.82) is 0 Å². The van der Waals surface area contributed by atoms with E-state index in [4.69, 9.17) is 9.47 Å². The maximum absolute atomic E-state index is 5.87. The van der Waals surface area contributed by atoms with E-state index in [-0.39, 0.29) is 0 Å². The van der Waals surface area contributed by atoms with Crippen molar-refractivity contribution < 1.29 is 9.47 Å². The average molecular weight is 283 g/mol. The molecule has 1 saturated heterocycles. The molecule has 1 heterocycles. The summed E-state index contributed by atoms with van der Waals surface area (Å²) in [4.78, 5) is 0. The van der Waals surface area contributed by atoms with E-state index >= 15 is 0 Å². The fraction of sp³-hybridized carbons (Fsp3) is 1.00. The minimum Gasteiger partial charge on any atom is -0.380 e. The summed E-state index contributed by atoms with van der Waals surface area (Å²) in [5, 5.41) is 3.51. The standard InChI is InChI=1S/C17H33NO2/c1-18-16(12-6-10-15-11-7-13-20-15)17(19-2)14-8-4-3-5-9-14/h14-18H,3-13H2,1-2H3. The van der Waals surface area contributed by atoms with Crippen molar-refractivity contribution in [2.24, 2.45) is 5.92 Å². The first-order chi connectivity index (χ1) is 9.85. The molecular formula is C17H33NO2. The highest BCUT2D eigenvalue weighted by Crippen LogP contribution is 2.30. The molecule has 1 aliphatic heterocycles. The van der Waals surface area contributed by atoms with Crippen molar-refractivity contribution >= 4 is 0 Å². The molecule has 0 radical (unpaired) electrons. The van der Waals surface area contributed by atoms with Crippen LogP contribution in [0.3, 0.4) is 0 Å². The van der Waals surface area contributed by atoms with Crippen molar-refractivity contribution in [1.82, 2.24) is 5.32 Å². The molecule has 1 aliphatic carbocycles. The third-order valence-electron chi connectivity index (χ3n) is 5.22. The quantitative estimate of drug-likeness (QED) is 0.739. The maximum atomic E-state index is 5.87. The van der Waals surface area contributed by atoms with Gasteiger partial charge in [0.1, 0.15) is 0 Å². The lowest BCUT2D eigenvalue weighted by atomic mass is 9.81. The Morgan fingerprint density at radius 2 is 1.95 bits per heavy atom. The fourth-order valence-corrected chi connectivity index (χ4v) is 4.06. The van der Waals surface area contributed by atoms with Crippen LogP contribution in [0.4, 0.5) is 0 Å². The Bertz CT molecular complexity index is 247. The molecule has 2 rings (SSSR count). The van der Waals surface area contributed by atoms with Crippen LogP contribution in [0.1, 0.15) is 64.2 Å².